The van der Waals surface area contributed by atoms with Crippen molar-refractivity contribution < 1.29 is 4.57 Å². The molecule has 0 fully saturated rings. The first-order chi connectivity index (χ1) is 27.7. The van der Waals surface area contributed by atoms with Gasteiger partial charge in [-0.15, -0.1) is 0 Å². The third-order valence-corrected chi connectivity index (χ3v) is 14.2. The molecule has 0 N–H and O–H groups in total. The van der Waals surface area contributed by atoms with Crippen LogP contribution in [0.15, 0.2) is 224 Å². The van der Waals surface area contributed by atoms with Crippen LogP contribution in [0.3, 0.4) is 0 Å². The fourth-order valence-electron chi connectivity index (χ4n) is 8.55. The van der Waals surface area contributed by atoms with Crippen molar-refractivity contribution >= 4 is 55.4 Å². The molecule has 10 aromatic carbocycles. The molecule has 0 bridgehead atoms. The van der Waals surface area contributed by atoms with Crippen molar-refractivity contribution in [2.75, 3.05) is 0 Å². The molecule has 0 aliphatic carbocycles. The molecule has 0 amide bonds. The zero-order valence-electron chi connectivity index (χ0n) is 30.7. The monoisotopic (exact) mass is 732 g/mol. The van der Waals surface area contributed by atoms with Gasteiger partial charge in [0, 0.05) is 15.9 Å². The van der Waals surface area contributed by atoms with Gasteiger partial charge < -0.3 is 4.57 Å². The van der Waals surface area contributed by atoms with Crippen molar-refractivity contribution in [2.45, 2.75) is 0 Å². The standard InChI is InChI=1S/C54H37OP/c55-56(42-23-9-3-10-24-42,43-25-11-4-12-26-43)44-27-17-22-40(36-44)41-32-33-51-52(37-41)53(39-20-7-2-8-21-39)48-30-15-16-31-49(48)54(51)50-35-34-45(38-18-5-1-6-19-38)46-28-13-14-29-47(46)50/h1-37H. The zero-order chi connectivity index (χ0) is 37.5. The van der Waals surface area contributed by atoms with Gasteiger partial charge in [0.25, 0.3) is 0 Å². The number of hydrogen-bond donors (Lipinski definition) is 0. The molecule has 10 aromatic rings. The Bertz CT molecular complexity index is 3040. The molecule has 0 aromatic heterocycles. The highest BCUT2D eigenvalue weighted by Gasteiger charge is 2.30. The van der Waals surface area contributed by atoms with Crippen LogP contribution in [0.4, 0.5) is 0 Å². The largest absolute Gasteiger partial charge is 0.309 e. The average Bonchev–Trinajstić information content (AvgIpc) is 3.28. The summed E-state index contributed by atoms with van der Waals surface area (Å²) in [6.45, 7) is 0. The molecule has 0 saturated heterocycles. The minimum Gasteiger partial charge on any atom is -0.309 e. The second-order valence-electron chi connectivity index (χ2n) is 14.3. The predicted octanol–water partition coefficient (Wildman–Crippen LogP) is 13.5. The smallest absolute Gasteiger partial charge is 0.171 e. The van der Waals surface area contributed by atoms with E-state index in [0.717, 1.165) is 27.0 Å². The van der Waals surface area contributed by atoms with Crippen molar-refractivity contribution in [1.29, 1.82) is 0 Å². The van der Waals surface area contributed by atoms with Crippen molar-refractivity contribution in [2.24, 2.45) is 0 Å². The lowest BCUT2D eigenvalue weighted by atomic mass is 9.83. The SMILES string of the molecule is O=P(c1ccccc1)(c1ccccc1)c1cccc(-c2ccc3c(-c4ccc(-c5ccccc5)c5ccccc45)c4ccccc4c(-c4ccccc4)c3c2)c1. The number of rotatable bonds is 7. The normalized spacial score (nSPS) is 11.6. The van der Waals surface area contributed by atoms with E-state index in [9.17, 15) is 0 Å². The van der Waals surface area contributed by atoms with Crippen LogP contribution in [-0.4, -0.2) is 0 Å². The van der Waals surface area contributed by atoms with E-state index in [1.807, 2.05) is 66.7 Å². The second-order valence-corrected chi connectivity index (χ2v) is 17.1. The average molecular weight is 733 g/mol. The van der Waals surface area contributed by atoms with Crippen LogP contribution in [-0.2, 0) is 4.57 Å². The van der Waals surface area contributed by atoms with E-state index in [2.05, 4.69) is 158 Å². The van der Waals surface area contributed by atoms with Gasteiger partial charge in [0.2, 0.25) is 0 Å². The first-order valence-electron chi connectivity index (χ1n) is 19.1. The van der Waals surface area contributed by atoms with Crippen molar-refractivity contribution in [3.63, 3.8) is 0 Å². The van der Waals surface area contributed by atoms with Crippen LogP contribution >= 0.6 is 7.14 Å². The van der Waals surface area contributed by atoms with Crippen LogP contribution in [0, 0.1) is 0 Å². The van der Waals surface area contributed by atoms with Gasteiger partial charge in [-0.1, -0.05) is 212 Å². The molecule has 264 valence electrons. The lowest BCUT2D eigenvalue weighted by molar-refractivity contribution is 0.592. The first-order valence-corrected chi connectivity index (χ1v) is 20.8. The second kappa shape index (κ2) is 14.1. The Morgan fingerprint density at radius 1 is 0.250 bits per heavy atom. The Morgan fingerprint density at radius 3 is 1.30 bits per heavy atom. The van der Waals surface area contributed by atoms with Crippen molar-refractivity contribution in [1.82, 2.24) is 0 Å². The summed E-state index contributed by atoms with van der Waals surface area (Å²) in [6.07, 6.45) is 0. The van der Waals surface area contributed by atoms with E-state index in [-0.39, 0.29) is 0 Å². The third-order valence-electron chi connectivity index (χ3n) is 11.1. The summed E-state index contributed by atoms with van der Waals surface area (Å²) < 4.78 is 15.4. The van der Waals surface area contributed by atoms with Gasteiger partial charge in [0.05, 0.1) is 0 Å². The van der Waals surface area contributed by atoms with Crippen LogP contribution < -0.4 is 15.9 Å². The van der Waals surface area contributed by atoms with Crippen LogP contribution in [0.25, 0.3) is 76.8 Å². The van der Waals surface area contributed by atoms with E-state index in [1.165, 1.54) is 65.7 Å². The fourth-order valence-corrected chi connectivity index (χ4v) is 11.3. The highest BCUT2D eigenvalue weighted by atomic mass is 31.2. The fraction of sp³-hybridized carbons (Fsp3) is 0. The molecular formula is C54H37OP. The molecule has 1 nitrogen and oxygen atoms in total. The van der Waals surface area contributed by atoms with Gasteiger partial charge in [0.15, 0.2) is 7.14 Å². The molecule has 0 unspecified atom stereocenters. The van der Waals surface area contributed by atoms with E-state index in [4.69, 9.17) is 0 Å². The maximum Gasteiger partial charge on any atom is 0.171 e. The summed E-state index contributed by atoms with van der Waals surface area (Å²) in [7, 11) is -3.16. The minimum absolute atomic E-state index is 0.819. The van der Waals surface area contributed by atoms with Crippen LogP contribution in [0.1, 0.15) is 0 Å². The maximum atomic E-state index is 15.4. The Balaban J connectivity index is 1.24. The lowest BCUT2D eigenvalue weighted by Gasteiger charge is -2.21. The van der Waals surface area contributed by atoms with Gasteiger partial charge in [-0.25, -0.2) is 0 Å². The number of hydrogen-bond acceptors (Lipinski definition) is 1. The quantitative estimate of drug-likeness (QED) is 0.118. The molecule has 0 atom stereocenters. The zero-order valence-corrected chi connectivity index (χ0v) is 31.6. The van der Waals surface area contributed by atoms with E-state index in [0.29, 0.717) is 0 Å². The predicted molar refractivity (Wildman–Crippen MR) is 240 cm³/mol. The molecule has 0 spiro atoms. The number of fused-ring (bicyclic) bond motifs is 3. The van der Waals surface area contributed by atoms with E-state index >= 15 is 4.57 Å². The summed E-state index contributed by atoms with van der Waals surface area (Å²) in [5.74, 6) is 0. The lowest BCUT2D eigenvalue weighted by Crippen LogP contribution is -2.25. The third kappa shape index (κ3) is 5.68. The summed E-state index contributed by atoms with van der Waals surface area (Å²) >= 11 is 0. The van der Waals surface area contributed by atoms with Gasteiger partial charge >= 0.3 is 0 Å². The van der Waals surface area contributed by atoms with Gasteiger partial charge in [-0.3, -0.25) is 0 Å². The topological polar surface area (TPSA) is 17.1 Å². The van der Waals surface area contributed by atoms with Crippen LogP contribution in [0.5, 0.6) is 0 Å². The number of benzene rings is 10. The maximum absolute atomic E-state index is 15.4. The van der Waals surface area contributed by atoms with Crippen molar-refractivity contribution in [3.05, 3.63) is 224 Å². The molecule has 0 saturated carbocycles. The first kappa shape index (κ1) is 33.8. The van der Waals surface area contributed by atoms with Gasteiger partial charge in [0.1, 0.15) is 0 Å². The van der Waals surface area contributed by atoms with Gasteiger partial charge in [-0.05, 0) is 89.0 Å². The summed E-state index contributed by atoms with van der Waals surface area (Å²) in [4.78, 5) is 0. The summed E-state index contributed by atoms with van der Waals surface area (Å²) in [5, 5.41) is 9.73. The highest BCUT2D eigenvalue weighted by molar-refractivity contribution is 7.85. The van der Waals surface area contributed by atoms with Crippen LogP contribution in [0.2, 0.25) is 0 Å². The summed E-state index contributed by atoms with van der Waals surface area (Å²) in [6, 6.07) is 78.8. The molecule has 0 radical (unpaired) electrons. The molecule has 0 heterocycles. The minimum atomic E-state index is -3.16. The van der Waals surface area contributed by atoms with Crippen molar-refractivity contribution in [3.8, 4) is 44.5 Å². The molecule has 0 aliphatic rings. The Labute approximate surface area is 327 Å². The Morgan fingerprint density at radius 2 is 0.679 bits per heavy atom. The highest BCUT2D eigenvalue weighted by Crippen LogP contribution is 2.48. The molecule has 0 aliphatic heterocycles. The molecule has 56 heavy (non-hydrogen) atoms. The molecular weight excluding hydrogens is 696 g/mol. The molecule has 10 rings (SSSR count). The Kier molecular flexibility index (Phi) is 8.52. The van der Waals surface area contributed by atoms with E-state index in [1.54, 1.807) is 0 Å². The molecule has 2 heteroatoms. The van der Waals surface area contributed by atoms with Gasteiger partial charge in [-0.2, -0.15) is 0 Å². The Hall–Kier alpha value is -6.79. The summed E-state index contributed by atoms with van der Waals surface area (Å²) in [5.41, 5.74) is 9.37. The van der Waals surface area contributed by atoms with E-state index < -0.39 is 7.14 Å².